The van der Waals surface area contributed by atoms with Gasteiger partial charge in [-0.3, -0.25) is 14.3 Å². The van der Waals surface area contributed by atoms with E-state index in [1.54, 1.807) is 0 Å². The summed E-state index contributed by atoms with van der Waals surface area (Å²) in [6.45, 7) is 4.75. The lowest BCUT2D eigenvalue weighted by atomic mass is 9.82. The molecule has 0 radical (unpaired) electrons. The van der Waals surface area contributed by atoms with E-state index in [0.29, 0.717) is 30.4 Å². The van der Waals surface area contributed by atoms with Crippen LogP contribution in [0.15, 0.2) is 9.59 Å². The van der Waals surface area contributed by atoms with Crippen LogP contribution in [-0.2, 0) is 13.0 Å². The smallest absolute Gasteiger partial charge is 0.297 e. The molecule has 1 aliphatic carbocycles. The molecule has 0 saturated heterocycles. The fraction of sp³-hybridized carbons (Fsp3) is 0.733. The molecule has 2 rings (SSSR count). The van der Waals surface area contributed by atoms with Crippen molar-refractivity contribution in [3.8, 4) is 0 Å². The average molecular weight is 299 g/mol. The first-order valence-corrected chi connectivity index (χ1v) is 7.92. The molecule has 20 heavy (non-hydrogen) atoms. The topological polar surface area (TPSA) is 54.9 Å². The highest BCUT2D eigenvalue weighted by atomic mass is 35.5. The first-order valence-electron chi connectivity index (χ1n) is 7.54. The van der Waals surface area contributed by atoms with Crippen molar-refractivity contribution in [2.45, 2.75) is 58.9 Å². The average Bonchev–Trinajstić information content (AvgIpc) is 2.39. The Morgan fingerprint density at radius 2 is 2.10 bits per heavy atom. The maximum Gasteiger partial charge on any atom is 0.329 e. The molecule has 0 aromatic carbocycles. The quantitative estimate of drug-likeness (QED) is 0.869. The number of H-pyrrole nitrogens is 1. The zero-order valence-electron chi connectivity index (χ0n) is 12.2. The van der Waals surface area contributed by atoms with Gasteiger partial charge in [0.1, 0.15) is 5.15 Å². The van der Waals surface area contributed by atoms with E-state index in [1.807, 2.05) is 6.92 Å². The number of nitrogens with zero attached hydrogens (tertiary/aromatic N) is 1. The van der Waals surface area contributed by atoms with E-state index in [0.717, 1.165) is 19.3 Å². The minimum absolute atomic E-state index is 0.204. The summed E-state index contributed by atoms with van der Waals surface area (Å²) >= 11 is 5.98. The molecule has 0 bridgehead atoms. The predicted molar refractivity (Wildman–Crippen MR) is 81.4 cm³/mol. The zero-order chi connectivity index (χ0) is 14.7. The predicted octanol–water partition coefficient (Wildman–Crippen LogP) is 2.97. The molecule has 1 N–H and O–H groups in total. The van der Waals surface area contributed by atoms with Crippen LogP contribution < -0.4 is 11.2 Å². The van der Waals surface area contributed by atoms with Gasteiger partial charge in [-0.1, -0.05) is 44.7 Å². The van der Waals surface area contributed by atoms with Crippen LogP contribution in [0.4, 0.5) is 0 Å². The highest BCUT2D eigenvalue weighted by Gasteiger charge is 2.21. The third-order valence-corrected chi connectivity index (χ3v) is 4.54. The van der Waals surface area contributed by atoms with Gasteiger partial charge in [-0.05, 0) is 31.1 Å². The minimum atomic E-state index is -0.377. The van der Waals surface area contributed by atoms with Crippen molar-refractivity contribution in [1.82, 2.24) is 9.55 Å². The first-order chi connectivity index (χ1) is 9.52. The molecule has 1 aromatic rings. The van der Waals surface area contributed by atoms with Gasteiger partial charge in [-0.25, -0.2) is 4.79 Å². The van der Waals surface area contributed by atoms with Crippen LogP contribution in [0.5, 0.6) is 0 Å². The van der Waals surface area contributed by atoms with Crippen molar-refractivity contribution in [2.75, 3.05) is 0 Å². The maximum atomic E-state index is 12.4. The zero-order valence-corrected chi connectivity index (χ0v) is 13.0. The molecule has 1 aromatic heterocycles. The lowest BCUT2D eigenvalue weighted by molar-refractivity contribution is 0.252. The molecular weight excluding hydrogens is 276 g/mol. The van der Waals surface area contributed by atoms with Gasteiger partial charge in [0.05, 0.1) is 5.56 Å². The third-order valence-electron chi connectivity index (χ3n) is 4.22. The summed E-state index contributed by atoms with van der Waals surface area (Å²) in [6, 6.07) is 0. The van der Waals surface area contributed by atoms with Crippen LogP contribution in [0.1, 0.15) is 51.5 Å². The second-order valence-electron chi connectivity index (χ2n) is 6.03. The van der Waals surface area contributed by atoms with Gasteiger partial charge >= 0.3 is 5.69 Å². The Balaban J connectivity index is 2.29. The van der Waals surface area contributed by atoms with Crippen molar-refractivity contribution in [3.63, 3.8) is 0 Å². The van der Waals surface area contributed by atoms with E-state index in [1.165, 1.54) is 17.4 Å². The van der Waals surface area contributed by atoms with E-state index in [-0.39, 0.29) is 16.4 Å². The first kappa shape index (κ1) is 15.4. The Labute approximate surface area is 124 Å². The van der Waals surface area contributed by atoms with Gasteiger partial charge < -0.3 is 0 Å². The molecule has 0 aliphatic heterocycles. The summed E-state index contributed by atoms with van der Waals surface area (Å²) in [7, 11) is 0. The summed E-state index contributed by atoms with van der Waals surface area (Å²) in [5.74, 6) is 1.11. The number of hydrogen-bond acceptors (Lipinski definition) is 2. The van der Waals surface area contributed by atoms with Gasteiger partial charge in [0.25, 0.3) is 5.56 Å². The summed E-state index contributed by atoms with van der Waals surface area (Å²) in [6.07, 6.45) is 6.08. The van der Waals surface area contributed by atoms with Gasteiger partial charge in [-0.15, -0.1) is 0 Å². The van der Waals surface area contributed by atoms with Crippen LogP contribution >= 0.6 is 11.6 Å². The van der Waals surface area contributed by atoms with Crippen molar-refractivity contribution in [2.24, 2.45) is 11.8 Å². The largest absolute Gasteiger partial charge is 0.329 e. The lowest BCUT2D eigenvalue weighted by Gasteiger charge is -2.26. The molecular formula is C15H23ClN2O2. The Kier molecular flexibility index (Phi) is 5.08. The molecule has 0 amide bonds. The molecule has 4 nitrogen and oxygen atoms in total. The Bertz CT molecular complexity index is 576. The molecule has 1 aliphatic rings. The highest BCUT2D eigenvalue weighted by molar-refractivity contribution is 6.30. The highest BCUT2D eigenvalue weighted by Crippen LogP contribution is 2.29. The van der Waals surface area contributed by atoms with E-state index >= 15 is 0 Å². The van der Waals surface area contributed by atoms with Gasteiger partial charge in [0.2, 0.25) is 0 Å². The maximum absolute atomic E-state index is 12.4. The molecule has 1 saturated carbocycles. The summed E-state index contributed by atoms with van der Waals surface area (Å²) in [5, 5.41) is 0.204. The molecule has 0 spiro atoms. The number of rotatable bonds is 4. The SMILES string of the molecule is CCCc1c(Cl)[nH]c(=O)n(CC2CCCC(C)C2)c1=O. The fourth-order valence-corrected chi connectivity index (χ4v) is 3.46. The van der Waals surface area contributed by atoms with Gasteiger partial charge in [0.15, 0.2) is 0 Å². The van der Waals surface area contributed by atoms with Crippen molar-refractivity contribution >= 4 is 11.6 Å². The summed E-state index contributed by atoms with van der Waals surface area (Å²) in [4.78, 5) is 27.0. The third kappa shape index (κ3) is 3.35. The number of hydrogen-bond donors (Lipinski definition) is 1. The molecule has 2 unspecified atom stereocenters. The second kappa shape index (κ2) is 6.61. The van der Waals surface area contributed by atoms with Gasteiger partial charge in [-0.2, -0.15) is 0 Å². The number of nitrogens with one attached hydrogen (secondary N) is 1. The van der Waals surface area contributed by atoms with Crippen molar-refractivity contribution < 1.29 is 0 Å². The van der Waals surface area contributed by atoms with Crippen molar-refractivity contribution in [3.05, 3.63) is 31.6 Å². The summed E-state index contributed by atoms with van der Waals surface area (Å²) < 4.78 is 1.35. The normalized spacial score (nSPS) is 22.9. The monoisotopic (exact) mass is 298 g/mol. The second-order valence-corrected chi connectivity index (χ2v) is 6.40. The van der Waals surface area contributed by atoms with Crippen LogP contribution in [0.25, 0.3) is 0 Å². The van der Waals surface area contributed by atoms with E-state index in [2.05, 4.69) is 11.9 Å². The molecule has 5 heteroatoms. The Morgan fingerprint density at radius 3 is 2.75 bits per heavy atom. The fourth-order valence-electron chi connectivity index (χ4n) is 3.20. The number of aromatic nitrogens is 2. The van der Waals surface area contributed by atoms with E-state index in [9.17, 15) is 9.59 Å². The van der Waals surface area contributed by atoms with Gasteiger partial charge in [0, 0.05) is 6.54 Å². The van der Waals surface area contributed by atoms with E-state index < -0.39 is 0 Å². The van der Waals surface area contributed by atoms with Crippen LogP contribution in [0.2, 0.25) is 5.15 Å². The molecule has 2 atom stereocenters. The Morgan fingerprint density at radius 1 is 1.35 bits per heavy atom. The molecule has 112 valence electrons. The summed E-state index contributed by atoms with van der Waals surface area (Å²) in [5.41, 5.74) is -0.0467. The van der Waals surface area contributed by atoms with Crippen LogP contribution in [0.3, 0.4) is 0 Å². The lowest BCUT2D eigenvalue weighted by Crippen LogP contribution is -2.39. The molecule has 1 heterocycles. The van der Waals surface area contributed by atoms with Crippen molar-refractivity contribution in [1.29, 1.82) is 0 Å². The van der Waals surface area contributed by atoms with Crippen LogP contribution in [0, 0.1) is 11.8 Å². The molecule has 1 fully saturated rings. The minimum Gasteiger partial charge on any atom is -0.297 e. The van der Waals surface area contributed by atoms with Crippen LogP contribution in [-0.4, -0.2) is 9.55 Å². The van der Waals surface area contributed by atoms with E-state index in [4.69, 9.17) is 11.6 Å². The number of halogens is 1. The Hall–Kier alpha value is -1.03. The standard InChI is InChI=1S/C15H23ClN2O2/c1-3-5-12-13(16)17-15(20)18(14(12)19)9-11-7-4-6-10(2)8-11/h10-11H,3-9H2,1-2H3,(H,17,20). The number of aromatic amines is 1.